The van der Waals surface area contributed by atoms with E-state index in [1.807, 2.05) is 7.05 Å². The number of nitrogens with one attached hydrogen (secondary N) is 1. The first-order valence-electron chi connectivity index (χ1n) is 6.29. The second kappa shape index (κ2) is 6.06. The van der Waals surface area contributed by atoms with Crippen LogP contribution in [-0.2, 0) is 4.74 Å². The minimum atomic E-state index is -0.461. The van der Waals surface area contributed by atoms with E-state index >= 15 is 0 Å². The lowest BCUT2D eigenvalue weighted by Crippen LogP contribution is -2.60. The van der Waals surface area contributed by atoms with Gasteiger partial charge in [0.05, 0.1) is 18.1 Å². The third kappa shape index (κ3) is 2.68. The number of hydrogen-bond donors (Lipinski definition) is 1. The lowest BCUT2D eigenvalue weighted by Gasteiger charge is -2.43. The molecule has 1 aromatic carbocycles. The highest BCUT2D eigenvalue weighted by molar-refractivity contribution is 5.48. The van der Waals surface area contributed by atoms with Gasteiger partial charge in [-0.15, -0.1) is 0 Å². The van der Waals surface area contributed by atoms with E-state index in [1.165, 1.54) is 25.3 Å². The van der Waals surface area contributed by atoms with Gasteiger partial charge in [-0.3, -0.25) is 10.1 Å². The molecule has 20 heavy (non-hydrogen) atoms. The number of rotatable bonds is 6. The van der Waals surface area contributed by atoms with Gasteiger partial charge < -0.3 is 19.5 Å². The Balaban J connectivity index is 2.16. The fraction of sp³-hybridized carbons (Fsp3) is 0.538. The number of hydrogen-bond acceptors (Lipinski definition) is 6. The molecular formula is C13H18N2O5. The summed E-state index contributed by atoms with van der Waals surface area (Å²) >= 11 is 0. The number of nitro benzene ring substituents is 1. The van der Waals surface area contributed by atoms with E-state index in [4.69, 9.17) is 14.2 Å². The van der Waals surface area contributed by atoms with Crippen LogP contribution >= 0.6 is 0 Å². The highest BCUT2D eigenvalue weighted by Crippen LogP contribution is 2.36. The van der Waals surface area contributed by atoms with Crippen molar-refractivity contribution in [2.24, 2.45) is 0 Å². The normalized spacial score (nSPS) is 24.9. The van der Waals surface area contributed by atoms with Crippen molar-refractivity contribution in [3.05, 3.63) is 28.3 Å². The zero-order valence-electron chi connectivity index (χ0n) is 11.7. The van der Waals surface area contributed by atoms with E-state index in [0.29, 0.717) is 11.5 Å². The zero-order chi connectivity index (χ0) is 14.7. The first kappa shape index (κ1) is 14.5. The quantitative estimate of drug-likeness (QED) is 0.626. The molecule has 0 bridgehead atoms. The maximum absolute atomic E-state index is 10.8. The fourth-order valence-corrected chi connectivity index (χ4v) is 2.33. The summed E-state index contributed by atoms with van der Waals surface area (Å²) in [7, 11) is 4.98. The molecular weight excluding hydrogens is 264 g/mol. The van der Waals surface area contributed by atoms with Gasteiger partial charge in [-0.25, -0.2) is 0 Å². The largest absolute Gasteiger partial charge is 0.493 e. The summed E-state index contributed by atoms with van der Waals surface area (Å²) in [5, 5.41) is 13.9. The lowest BCUT2D eigenvalue weighted by molar-refractivity contribution is -0.385. The Morgan fingerprint density at radius 2 is 2.10 bits per heavy atom. The first-order valence-corrected chi connectivity index (χ1v) is 6.29. The number of benzene rings is 1. The molecule has 2 rings (SSSR count). The maximum atomic E-state index is 10.8. The Morgan fingerprint density at radius 1 is 1.35 bits per heavy atom. The summed E-state index contributed by atoms with van der Waals surface area (Å²) in [6.07, 6.45) is 0.554. The molecule has 7 nitrogen and oxygen atoms in total. The Kier molecular flexibility index (Phi) is 4.41. The predicted octanol–water partition coefficient (Wildman–Crippen LogP) is 1.36. The standard InChI is InChI=1S/C13H18N2O5/c1-14-9-7-12(13(9)19-3)20-11-6-8(15(16)17)4-5-10(11)18-2/h4-6,9,12-14H,7H2,1-3H3. The maximum Gasteiger partial charge on any atom is 0.273 e. The number of nitro groups is 1. The van der Waals surface area contributed by atoms with E-state index in [2.05, 4.69) is 5.32 Å². The van der Waals surface area contributed by atoms with E-state index in [0.717, 1.165) is 6.42 Å². The molecule has 0 aliphatic heterocycles. The molecule has 1 saturated carbocycles. The van der Waals surface area contributed by atoms with Crippen LogP contribution in [-0.4, -0.2) is 44.4 Å². The number of methoxy groups -OCH3 is 2. The van der Waals surface area contributed by atoms with Crippen LogP contribution in [0.4, 0.5) is 5.69 Å². The molecule has 7 heteroatoms. The highest BCUT2D eigenvalue weighted by atomic mass is 16.6. The molecule has 0 spiro atoms. The summed E-state index contributed by atoms with van der Waals surface area (Å²) in [6.45, 7) is 0. The minimum absolute atomic E-state index is 0.0285. The van der Waals surface area contributed by atoms with Gasteiger partial charge >= 0.3 is 0 Å². The van der Waals surface area contributed by atoms with Crippen LogP contribution in [0, 0.1) is 10.1 Å². The third-order valence-electron chi connectivity index (χ3n) is 3.53. The number of nitrogens with zero attached hydrogens (tertiary/aromatic N) is 1. The summed E-state index contributed by atoms with van der Waals surface area (Å²) in [4.78, 5) is 10.4. The average molecular weight is 282 g/mol. The van der Waals surface area contributed by atoms with Crippen molar-refractivity contribution in [1.82, 2.24) is 5.32 Å². The van der Waals surface area contributed by atoms with E-state index < -0.39 is 4.92 Å². The van der Waals surface area contributed by atoms with Crippen molar-refractivity contribution in [3.63, 3.8) is 0 Å². The second-order valence-corrected chi connectivity index (χ2v) is 4.58. The summed E-state index contributed by atoms with van der Waals surface area (Å²) in [5.41, 5.74) is -0.0285. The molecule has 0 saturated heterocycles. The molecule has 3 atom stereocenters. The van der Waals surface area contributed by atoms with Crippen molar-refractivity contribution in [1.29, 1.82) is 0 Å². The lowest BCUT2D eigenvalue weighted by atomic mass is 9.85. The van der Waals surface area contributed by atoms with Crippen LogP contribution < -0.4 is 14.8 Å². The van der Waals surface area contributed by atoms with Gasteiger partial charge in [0, 0.05) is 25.6 Å². The van der Waals surface area contributed by atoms with Gasteiger partial charge in [-0.1, -0.05) is 0 Å². The van der Waals surface area contributed by atoms with Crippen molar-refractivity contribution in [2.75, 3.05) is 21.3 Å². The predicted molar refractivity (Wildman–Crippen MR) is 72.3 cm³/mol. The Hall–Kier alpha value is -1.86. The van der Waals surface area contributed by atoms with Crippen molar-refractivity contribution in [2.45, 2.75) is 24.7 Å². The third-order valence-corrected chi connectivity index (χ3v) is 3.53. The smallest absolute Gasteiger partial charge is 0.273 e. The Labute approximate surface area is 117 Å². The minimum Gasteiger partial charge on any atom is -0.493 e. The van der Waals surface area contributed by atoms with Crippen molar-refractivity contribution < 1.29 is 19.1 Å². The van der Waals surface area contributed by atoms with E-state index in [-0.39, 0.29) is 23.9 Å². The van der Waals surface area contributed by atoms with Gasteiger partial charge in [0.2, 0.25) is 0 Å². The summed E-state index contributed by atoms with van der Waals surface area (Å²) in [6, 6.07) is 4.52. The molecule has 1 fully saturated rings. The molecule has 1 aliphatic rings. The summed E-state index contributed by atoms with van der Waals surface area (Å²) < 4.78 is 16.3. The molecule has 1 aromatic rings. The number of likely N-dealkylation sites (N-methyl/N-ethyl adjacent to an activating group) is 1. The molecule has 3 unspecified atom stereocenters. The van der Waals surface area contributed by atoms with Crippen LogP contribution in [0.25, 0.3) is 0 Å². The van der Waals surface area contributed by atoms with Gasteiger partial charge in [0.15, 0.2) is 11.5 Å². The molecule has 1 aliphatic carbocycles. The van der Waals surface area contributed by atoms with Gasteiger partial charge in [0.25, 0.3) is 5.69 Å². The zero-order valence-corrected chi connectivity index (χ0v) is 11.7. The Morgan fingerprint density at radius 3 is 2.65 bits per heavy atom. The highest BCUT2D eigenvalue weighted by Gasteiger charge is 2.42. The first-order chi connectivity index (χ1) is 9.60. The molecule has 0 heterocycles. The SMILES string of the molecule is CNC1CC(Oc2cc([N+](=O)[O-])ccc2OC)C1OC. The molecule has 0 amide bonds. The summed E-state index contributed by atoms with van der Waals surface area (Å²) in [5.74, 6) is 0.835. The monoisotopic (exact) mass is 282 g/mol. The van der Waals surface area contributed by atoms with Crippen molar-refractivity contribution >= 4 is 5.69 Å². The number of ether oxygens (including phenoxy) is 3. The topological polar surface area (TPSA) is 82.9 Å². The van der Waals surface area contributed by atoms with Crippen LogP contribution in [0.2, 0.25) is 0 Å². The van der Waals surface area contributed by atoms with E-state index in [1.54, 1.807) is 7.11 Å². The van der Waals surface area contributed by atoms with E-state index in [9.17, 15) is 10.1 Å². The van der Waals surface area contributed by atoms with Crippen molar-refractivity contribution in [3.8, 4) is 11.5 Å². The van der Waals surface area contributed by atoms with Crippen LogP contribution in [0.3, 0.4) is 0 Å². The van der Waals surface area contributed by atoms with Crippen LogP contribution in [0.15, 0.2) is 18.2 Å². The molecule has 1 N–H and O–H groups in total. The second-order valence-electron chi connectivity index (χ2n) is 4.58. The molecule has 0 radical (unpaired) electrons. The van der Waals surface area contributed by atoms with Gasteiger partial charge in [-0.05, 0) is 13.1 Å². The molecule has 110 valence electrons. The van der Waals surface area contributed by atoms with Crippen LogP contribution in [0.5, 0.6) is 11.5 Å². The Bertz CT molecular complexity index is 494. The van der Waals surface area contributed by atoms with Gasteiger partial charge in [0.1, 0.15) is 12.2 Å². The van der Waals surface area contributed by atoms with Crippen LogP contribution in [0.1, 0.15) is 6.42 Å². The van der Waals surface area contributed by atoms with Gasteiger partial charge in [-0.2, -0.15) is 0 Å². The molecule has 0 aromatic heterocycles. The number of non-ortho nitro benzene ring substituents is 1. The fourth-order valence-electron chi connectivity index (χ4n) is 2.33. The average Bonchev–Trinajstić information content (AvgIpc) is 2.43.